The van der Waals surface area contributed by atoms with Gasteiger partial charge < -0.3 is 5.32 Å². The summed E-state index contributed by atoms with van der Waals surface area (Å²) < 4.78 is 26.5. The van der Waals surface area contributed by atoms with Gasteiger partial charge in [0.05, 0.1) is 0 Å². The van der Waals surface area contributed by atoms with Crippen molar-refractivity contribution in [3.05, 3.63) is 65.7 Å². The number of nitrogens with one attached hydrogen (secondary N) is 1. The van der Waals surface area contributed by atoms with Crippen LogP contribution in [0.25, 0.3) is 0 Å². The van der Waals surface area contributed by atoms with Crippen molar-refractivity contribution in [2.24, 2.45) is 0 Å². The summed E-state index contributed by atoms with van der Waals surface area (Å²) >= 11 is 1.39. The Hall–Kier alpha value is -1.39. The lowest BCUT2D eigenvalue weighted by Gasteiger charge is -2.18. The third-order valence-electron chi connectivity index (χ3n) is 2.95. The van der Waals surface area contributed by atoms with E-state index in [0.29, 0.717) is 10.6 Å². The highest BCUT2D eigenvalue weighted by molar-refractivity contribution is 7.99. The van der Waals surface area contributed by atoms with Crippen molar-refractivity contribution < 1.29 is 8.78 Å². The van der Waals surface area contributed by atoms with Gasteiger partial charge in [-0.2, -0.15) is 0 Å². The van der Waals surface area contributed by atoms with E-state index in [1.54, 1.807) is 0 Å². The number of hydrogen-bond acceptors (Lipinski definition) is 2. The largest absolute Gasteiger partial charge is 0.309 e. The molecule has 0 saturated carbocycles. The SMILES string of the molecule is CCNC(CSc1ccc(F)cc1F)c1ccccc1. The molecule has 0 heterocycles. The summed E-state index contributed by atoms with van der Waals surface area (Å²) in [5.41, 5.74) is 1.17. The number of benzene rings is 2. The number of hydrogen-bond donors (Lipinski definition) is 1. The zero-order chi connectivity index (χ0) is 14.4. The van der Waals surface area contributed by atoms with Crippen molar-refractivity contribution in [3.63, 3.8) is 0 Å². The maximum Gasteiger partial charge on any atom is 0.139 e. The first-order valence-corrected chi connectivity index (χ1v) is 7.55. The van der Waals surface area contributed by atoms with E-state index < -0.39 is 11.6 Å². The third-order valence-corrected chi connectivity index (χ3v) is 4.09. The fraction of sp³-hybridized carbons (Fsp3) is 0.250. The van der Waals surface area contributed by atoms with Crippen molar-refractivity contribution in [2.75, 3.05) is 12.3 Å². The van der Waals surface area contributed by atoms with E-state index in [1.807, 2.05) is 25.1 Å². The normalized spacial score (nSPS) is 12.3. The minimum atomic E-state index is -0.543. The lowest BCUT2D eigenvalue weighted by Crippen LogP contribution is -2.22. The van der Waals surface area contributed by atoms with Gasteiger partial charge in [-0.1, -0.05) is 37.3 Å². The first-order valence-electron chi connectivity index (χ1n) is 6.57. The standard InChI is InChI=1S/C16H17F2NS/c1-2-19-15(12-6-4-3-5-7-12)11-20-16-9-8-13(17)10-14(16)18/h3-10,15,19H,2,11H2,1H3. The molecule has 0 aromatic heterocycles. The van der Waals surface area contributed by atoms with E-state index in [-0.39, 0.29) is 6.04 Å². The molecule has 1 N–H and O–H groups in total. The van der Waals surface area contributed by atoms with Gasteiger partial charge in [0.2, 0.25) is 0 Å². The van der Waals surface area contributed by atoms with Crippen molar-refractivity contribution in [3.8, 4) is 0 Å². The summed E-state index contributed by atoms with van der Waals surface area (Å²) in [6.07, 6.45) is 0. The molecule has 0 aliphatic rings. The average Bonchev–Trinajstić information content (AvgIpc) is 2.46. The van der Waals surface area contributed by atoms with Crippen molar-refractivity contribution >= 4 is 11.8 Å². The molecule has 0 radical (unpaired) electrons. The molecular weight excluding hydrogens is 276 g/mol. The molecule has 2 aromatic carbocycles. The van der Waals surface area contributed by atoms with E-state index >= 15 is 0 Å². The average molecular weight is 293 g/mol. The van der Waals surface area contributed by atoms with E-state index in [9.17, 15) is 8.78 Å². The van der Waals surface area contributed by atoms with E-state index in [4.69, 9.17) is 0 Å². The Morgan fingerprint density at radius 2 is 1.85 bits per heavy atom. The van der Waals surface area contributed by atoms with Gasteiger partial charge in [0, 0.05) is 22.8 Å². The third kappa shape index (κ3) is 4.05. The van der Waals surface area contributed by atoms with Gasteiger partial charge in [-0.3, -0.25) is 0 Å². The van der Waals surface area contributed by atoms with Gasteiger partial charge in [0.15, 0.2) is 0 Å². The summed E-state index contributed by atoms with van der Waals surface area (Å²) in [7, 11) is 0. The highest BCUT2D eigenvalue weighted by Gasteiger charge is 2.12. The Morgan fingerprint density at radius 3 is 2.50 bits per heavy atom. The maximum atomic E-state index is 13.6. The number of thioether (sulfide) groups is 1. The molecule has 0 amide bonds. The molecule has 0 bridgehead atoms. The van der Waals surface area contributed by atoms with Crippen LogP contribution in [0, 0.1) is 11.6 Å². The maximum absolute atomic E-state index is 13.6. The van der Waals surface area contributed by atoms with Crippen LogP contribution in [0.1, 0.15) is 18.5 Å². The van der Waals surface area contributed by atoms with Crippen molar-refractivity contribution in [1.82, 2.24) is 5.32 Å². The first kappa shape index (κ1) is 15.0. The van der Waals surface area contributed by atoms with Crippen LogP contribution < -0.4 is 5.32 Å². The van der Waals surface area contributed by atoms with Crippen LogP contribution >= 0.6 is 11.8 Å². The van der Waals surface area contributed by atoms with Gasteiger partial charge in [0.25, 0.3) is 0 Å². The lowest BCUT2D eigenvalue weighted by atomic mass is 10.1. The molecule has 2 aromatic rings. The minimum Gasteiger partial charge on any atom is -0.309 e. The quantitative estimate of drug-likeness (QED) is 0.792. The van der Waals surface area contributed by atoms with Gasteiger partial charge in [-0.15, -0.1) is 11.8 Å². The second-order valence-corrected chi connectivity index (χ2v) is 5.47. The smallest absolute Gasteiger partial charge is 0.139 e. The zero-order valence-corrected chi connectivity index (χ0v) is 12.1. The Bertz CT molecular complexity index is 545. The molecule has 106 valence electrons. The second-order valence-electron chi connectivity index (χ2n) is 4.41. The van der Waals surface area contributed by atoms with Crippen LogP contribution in [0.3, 0.4) is 0 Å². The minimum absolute atomic E-state index is 0.149. The van der Waals surface area contributed by atoms with Crippen molar-refractivity contribution in [1.29, 1.82) is 0 Å². The van der Waals surface area contributed by atoms with Crippen molar-refractivity contribution in [2.45, 2.75) is 17.9 Å². The summed E-state index contributed by atoms with van der Waals surface area (Å²) in [6, 6.07) is 13.9. The Labute approximate surface area is 122 Å². The van der Waals surface area contributed by atoms with Crippen LogP contribution in [0.5, 0.6) is 0 Å². The highest BCUT2D eigenvalue weighted by Crippen LogP contribution is 2.27. The summed E-state index contributed by atoms with van der Waals surface area (Å²) in [5, 5.41) is 3.38. The predicted octanol–water partition coefficient (Wildman–Crippen LogP) is 4.41. The van der Waals surface area contributed by atoms with Gasteiger partial charge in [-0.25, -0.2) is 8.78 Å². The van der Waals surface area contributed by atoms with Crippen LogP contribution in [0.15, 0.2) is 53.4 Å². The monoisotopic (exact) mass is 293 g/mol. The number of rotatable bonds is 6. The molecule has 20 heavy (non-hydrogen) atoms. The molecule has 1 atom stereocenters. The molecule has 2 rings (SSSR count). The Balaban J connectivity index is 2.06. The lowest BCUT2D eigenvalue weighted by molar-refractivity contribution is 0.564. The fourth-order valence-corrected chi connectivity index (χ4v) is 2.99. The molecule has 0 fully saturated rings. The molecule has 0 saturated heterocycles. The predicted molar refractivity (Wildman–Crippen MR) is 79.9 cm³/mol. The molecule has 1 unspecified atom stereocenters. The molecule has 4 heteroatoms. The Morgan fingerprint density at radius 1 is 1.10 bits per heavy atom. The van der Waals surface area contributed by atoms with Gasteiger partial charge in [0.1, 0.15) is 11.6 Å². The van der Waals surface area contributed by atoms with Crippen LogP contribution in [0.4, 0.5) is 8.78 Å². The van der Waals surface area contributed by atoms with E-state index in [2.05, 4.69) is 17.4 Å². The summed E-state index contributed by atoms with van der Waals surface area (Å²) in [5.74, 6) is -0.350. The molecule has 0 aliphatic heterocycles. The first-order chi connectivity index (χ1) is 9.70. The second kappa shape index (κ2) is 7.41. The fourth-order valence-electron chi connectivity index (χ4n) is 1.97. The Kier molecular flexibility index (Phi) is 5.56. The summed E-state index contributed by atoms with van der Waals surface area (Å²) in [6.45, 7) is 2.88. The zero-order valence-electron chi connectivity index (χ0n) is 11.3. The van der Waals surface area contributed by atoms with Crippen LogP contribution in [-0.2, 0) is 0 Å². The van der Waals surface area contributed by atoms with E-state index in [1.165, 1.54) is 29.5 Å². The molecule has 0 aliphatic carbocycles. The summed E-state index contributed by atoms with van der Waals surface area (Å²) in [4.78, 5) is 0.477. The van der Waals surface area contributed by atoms with Crippen LogP contribution in [0.2, 0.25) is 0 Å². The molecular formula is C16H17F2NS. The number of halogens is 2. The highest BCUT2D eigenvalue weighted by atomic mass is 32.2. The van der Waals surface area contributed by atoms with E-state index in [0.717, 1.165) is 12.6 Å². The topological polar surface area (TPSA) is 12.0 Å². The molecule has 1 nitrogen and oxygen atoms in total. The van der Waals surface area contributed by atoms with Gasteiger partial charge >= 0.3 is 0 Å². The van der Waals surface area contributed by atoms with Crippen LogP contribution in [-0.4, -0.2) is 12.3 Å². The van der Waals surface area contributed by atoms with Gasteiger partial charge in [-0.05, 0) is 24.2 Å². The molecule has 0 spiro atoms.